The fourth-order valence-corrected chi connectivity index (χ4v) is 2.61. The maximum Gasteiger partial charge on any atom is 0.411 e. The molecule has 2 heterocycles. The molecule has 105 valence electrons. The molecule has 0 bridgehead atoms. The van der Waals surface area contributed by atoms with E-state index in [0.717, 1.165) is 25.9 Å². The van der Waals surface area contributed by atoms with Gasteiger partial charge in [0.1, 0.15) is 0 Å². The van der Waals surface area contributed by atoms with Crippen LogP contribution in [-0.2, 0) is 4.74 Å². The van der Waals surface area contributed by atoms with Gasteiger partial charge in [-0.25, -0.2) is 4.79 Å². The van der Waals surface area contributed by atoms with E-state index in [1.165, 1.54) is 11.1 Å². The van der Waals surface area contributed by atoms with Gasteiger partial charge in [-0.15, -0.1) is 0 Å². The zero-order valence-electron chi connectivity index (χ0n) is 11.5. The van der Waals surface area contributed by atoms with Gasteiger partial charge in [0.05, 0.1) is 0 Å². The highest BCUT2D eigenvalue weighted by molar-refractivity contribution is 5.71. The van der Waals surface area contributed by atoms with E-state index in [4.69, 9.17) is 4.74 Å². The number of hydrogen-bond donors (Lipinski definition) is 1. The van der Waals surface area contributed by atoms with Gasteiger partial charge in [0, 0.05) is 26.1 Å². The highest BCUT2D eigenvalue weighted by Gasteiger charge is 2.25. The maximum absolute atomic E-state index is 12.0. The number of likely N-dealkylation sites (tertiary alicyclic amines) is 1. The molecule has 1 aromatic rings. The second-order valence-corrected chi connectivity index (χ2v) is 5.14. The zero-order valence-corrected chi connectivity index (χ0v) is 11.5. The van der Waals surface area contributed by atoms with E-state index in [0.29, 0.717) is 19.2 Å². The predicted octanol–water partition coefficient (Wildman–Crippen LogP) is 2.79. The minimum Gasteiger partial charge on any atom is -0.421 e. The Balaban J connectivity index is 1.60. The normalized spacial score (nSPS) is 19.8. The summed E-state index contributed by atoms with van der Waals surface area (Å²) in [4.78, 5) is 13.8. The Morgan fingerprint density at radius 2 is 1.90 bits per heavy atom. The van der Waals surface area contributed by atoms with Gasteiger partial charge in [-0.3, -0.25) is 5.32 Å². The molecule has 20 heavy (non-hydrogen) atoms. The van der Waals surface area contributed by atoms with Gasteiger partial charge < -0.3 is 9.64 Å². The summed E-state index contributed by atoms with van der Waals surface area (Å²) in [6, 6.07) is 10.2. The second kappa shape index (κ2) is 6.09. The van der Waals surface area contributed by atoms with Crippen molar-refractivity contribution in [1.29, 1.82) is 0 Å². The molecule has 1 N–H and O–H groups in total. The minimum atomic E-state index is -0.223. The first-order valence-corrected chi connectivity index (χ1v) is 7.14. The van der Waals surface area contributed by atoms with Crippen molar-refractivity contribution < 1.29 is 9.53 Å². The summed E-state index contributed by atoms with van der Waals surface area (Å²) in [6.07, 6.45) is 5.37. The van der Waals surface area contributed by atoms with Crippen molar-refractivity contribution >= 4 is 11.7 Å². The third-order valence-corrected chi connectivity index (χ3v) is 3.72. The van der Waals surface area contributed by atoms with Crippen molar-refractivity contribution in [3.05, 3.63) is 48.2 Å². The van der Waals surface area contributed by atoms with Crippen LogP contribution in [0.15, 0.2) is 36.4 Å². The minimum absolute atomic E-state index is 0.223. The van der Waals surface area contributed by atoms with E-state index in [9.17, 15) is 4.79 Å². The molecule has 0 saturated carbocycles. The third-order valence-electron chi connectivity index (χ3n) is 3.72. The number of nitrogens with zero attached hydrogens (tertiary/aromatic N) is 1. The molecule has 3 rings (SSSR count). The van der Waals surface area contributed by atoms with Gasteiger partial charge >= 0.3 is 6.09 Å². The monoisotopic (exact) mass is 271 g/mol. The molecule has 0 spiro atoms. The highest BCUT2D eigenvalue weighted by atomic mass is 16.6. The lowest BCUT2D eigenvalue weighted by Crippen LogP contribution is -2.35. The SMILES string of the molecule is O=C(O[C]1CC(c2ccccc2)=CCN1)N1CCCC1. The summed E-state index contributed by atoms with van der Waals surface area (Å²) in [7, 11) is 0. The van der Waals surface area contributed by atoms with Gasteiger partial charge in [0.25, 0.3) is 0 Å². The van der Waals surface area contributed by atoms with Crippen molar-refractivity contribution in [2.45, 2.75) is 19.3 Å². The third kappa shape index (κ3) is 3.02. The average Bonchev–Trinajstić information content (AvgIpc) is 3.03. The Kier molecular flexibility index (Phi) is 4.02. The summed E-state index contributed by atoms with van der Waals surface area (Å²) in [5.74, 6) is 0. The first-order chi connectivity index (χ1) is 9.83. The number of nitrogens with one attached hydrogen (secondary N) is 1. The van der Waals surface area contributed by atoms with Crippen LogP contribution in [0, 0.1) is 6.23 Å². The largest absolute Gasteiger partial charge is 0.421 e. The van der Waals surface area contributed by atoms with Gasteiger partial charge in [-0.2, -0.15) is 0 Å². The Labute approximate surface area is 119 Å². The average molecular weight is 271 g/mol. The lowest BCUT2D eigenvalue weighted by atomic mass is 9.99. The quantitative estimate of drug-likeness (QED) is 0.899. The number of amides is 1. The smallest absolute Gasteiger partial charge is 0.411 e. The van der Waals surface area contributed by atoms with Crippen molar-refractivity contribution in [2.75, 3.05) is 19.6 Å². The fourth-order valence-electron chi connectivity index (χ4n) is 2.61. The van der Waals surface area contributed by atoms with Crippen molar-refractivity contribution in [3.63, 3.8) is 0 Å². The number of hydrogen-bond acceptors (Lipinski definition) is 3. The molecule has 2 aliphatic rings. The van der Waals surface area contributed by atoms with Crippen LogP contribution in [0.1, 0.15) is 24.8 Å². The number of carbonyl (C=O) groups excluding carboxylic acids is 1. The van der Waals surface area contributed by atoms with Crippen LogP contribution in [-0.4, -0.2) is 30.6 Å². The molecular weight excluding hydrogens is 252 g/mol. The number of ether oxygens (including phenoxy) is 1. The standard InChI is InChI=1S/C16H19N2O2/c19-16(18-10-4-5-11-18)20-15-12-14(8-9-17-15)13-6-2-1-3-7-13/h1-3,6-8,17H,4-5,9-12H2. The lowest BCUT2D eigenvalue weighted by Gasteiger charge is -2.25. The van der Waals surface area contributed by atoms with Crippen LogP contribution < -0.4 is 5.32 Å². The van der Waals surface area contributed by atoms with E-state index < -0.39 is 0 Å². The van der Waals surface area contributed by atoms with Crippen LogP contribution in [0.25, 0.3) is 5.57 Å². The highest BCUT2D eigenvalue weighted by Crippen LogP contribution is 2.26. The second-order valence-electron chi connectivity index (χ2n) is 5.14. The fraction of sp³-hybridized carbons (Fsp3) is 0.375. The summed E-state index contributed by atoms with van der Waals surface area (Å²) < 4.78 is 5.48. The number of rotatable bonds is 2. The molecule has 4 heteroatoms. The van der Waals surface area contributed by atoms with Crippen molar-refractivity contribution in [1.82, 2.24) is 10.2 Å². The van der Waals surface area contributed by atoms with Crippen LogP contribution in [0.3, 0.4) is 0 Å². The Bertz CT molecular complexity index is 492. The topological polar surface area (TPSA) is 41.6 Å². The predicted molar refractivity (Wildman–Crippen MR) is 77.6 cm³/mol. The molecule has 1 saturated heterocycles. The van der Waals surface area contributed by atoms with Crippen LogP contribution >= 0.6 is 0 Å². The van der Waals surface area contributed by atoms with Crippen LogP contribution in [0.5, 0.6) is 0 Å². The van der Waals surface area contributed by atoms with E-state index in [-0.39, 0.29) is 6.09 Å². The summed E-state index contributed by atoms with van der Waals surface area (Å²) >= 11 is 0. The van der Waals surface area contributed by atoms with Gasteiger partial charge in [-0.05, 0) is 24.0 Å². The van der Waals surface area contributed by atoms with E-state index in [2.05, 4.69) is 23.5 Å². The van der Waals surface area contributed by atoms with Crippen molar-refractivity contribution in [2.24, 2.45) is 0 Å². The summed E-state index contributed by atoms with van der Waals surface area (Å²) in [6.45, 7) is 2.33. The molecule has 0 aromatic heterocycles. The van der Waals surface area contributed by atoms with Gasteiger partial charge in [0.15, 0.2) is 0 Å². The van der Waals surface area contributed by atoms with E-state index in [1.54, 1.807) is 4.90 Å². The number of benzene rings is 1. The molecule has 0 unspecified atom stereocenters. The summed E-state index contributed by atoms with van der Waals surface area (Å²) in [5.41, 5.74) is 2.39. The Morgan fingerprint density at radius 1 is 1.15 bits per heavy atom. The number of carbonyl (C=O) groups is 1. The van der Waals surface area contributed by atoms with Gasteiger partial charge in [0.2, 0.25) is 6.23 Å². The molecule has 1 radical (unpaired) electrons. The molecule has 1 fully saturated rings. The summed E-state index contributed by atoms with van der Waals surface area (Å²) in [5, 5.41) is 3.14. The first kappa shape index (κ1) is 13.2. The molecule has 2 aliphatic heterocycles. The van der Waals surface area contributed by atoms with E-state index in [1.807, 2.05) is 18.2 Å². The molecule has 4 nitrogen and oxygen atoms in total. The van der Waals surface area contributed by atoms with Crippen molar-refractivity contribution in [3.8, 4) is 0 Å². The lowest BCUT2D eigenvalue weighted by molar-refractivity contribution is 0.105. The Morgan fingerprint density at radius 3 is 2.65 bits per heavy atom. The maximum atomic E-state index is 12.0. The molecule has 1 aromatic carbocycles. The Hall–Kier alpha value is -1.81. The molecule has 1 amide bonds. The molecular formula is C16H19N2O2. The van der Waals surface area contributed by atoms with E-state index >= 15 is 0 Å². The van der Waals surface area contributed by atoms with Gasteiger partial charge in [-0.1, -0.05) is 36.4 Å². The molecule has 0 atom stereocenters. The van der Waals surface area contributed by atoms with Crippen LogP contribution in [0.2, 0.25) is 0 Å². The first-order valence-electron chi connectivity index (χ1n) is 7.14. The zero-order chi connectivity index (χ0) is 13.8. The molecule has 0 aliphatic carbocycles. The van der Waals surface area contributed by atoms with Crippen LogP contribution in [0.4, 0.5) is 4.79 Å².